The van der Waals surface area contributed by atoms with Crippen LogP contribution in [0.15, 0.2) is 29.2 Å². The van der Waals surface area contributed by atoms with Crippen molar-refractivity contribution in [2.24, 2.45) is 0 Å². The Hall–Kier alpha value is -2.32. The van der Waals surface area contributed by atoms with E-state index < -0.39 is 62.0 Å². The fraction of sp³-hybridized carbons (Fsp3) is 0.400. The van der Waals surface area contributed by atoms with E-state index in [1.165, 1.54) is 0 Å². The number of esters is 1. The van der Waals surface area contributed by atoms with E-state index >= 15 is 0 Å². The minimum Gasteiger partial charge on any atom is -0.462 e. The molecule has 0 aromatic heterocycles. The first-order chi connectivity index (χ1) is 13.3. The van der Waals surface area contributed by atoms with E-state index in [4.69, 9.17) is 0 Å². The summed E-state index contributed by atoms with van der Waals surface area (Å²) in [5.74, 6) is -18.2. The molecule has 0 fully saturated rings. The van der Waals surface area contributed by atoms with E-state index in [1.807, 2.05) is 0 Å². The average Bonchev–Trinajstić information content (AvgIpc) is 2.59. The molecule has 0 heterocycles. The van der Waals surface area contributed by atoms with Gasteiger partial charge in [0.2, 0.25) is 0 Å². The summed E-state index contributed by atoms with van der Waals surface area (Å²) in [6.07, 6.45) is -7.33. The van der Waals surface area contributed by atoms with Gasteiger partial charge in [-0.05, 0) is 30.7 Å². The Balaban J connectivity index is 3.74. The molecule has 0 N–H and O–H groups in total. The van der Waals surface area contributed by atoms with Crippen molar-refractivity contribution in [3.05, 3.63) is 40.6 Å². The van der Waals surface area contributed by atoms with Crippen molar-refractivity contribution in [2.75, 3.05) is 6.61 Å². The molecule has 1 aromatic carbocycles. The number of ether oxygens (including phenoxy) is 1. The number of sulfone groups is 1. The zero-order chi connectivity index (χ0) is 23.8. The topological polar surface area (TPSA) is 60.4 Å². The average molecular weight is 476 g/mol. The molecule has 0 atom stereocenters. The number of hydrogen-bond acceptors (Lipinski definition) is 4. The van der Waals surface area contributed by atoms with Crippen molar-refractivity contribution in [2.45, 2.75) is 30.2 Å². The third-order valence-corrected chi connectivity index (χ3v) is 5.18. The molecule has 0 amide bonds. The molecule has 0 bridgehead atoms. The van der Waals surface area contributed by atoms with Crippen LogP contribution in [0, 0.1) is 5.82 Å². The van der Waals surface area contributed by atoms with Gasteiger partial charge in [-0.25, -0.2) is 17.6 Å². The quantitative estimate of drug-likeness (QED) is 0.329. The molecule has 0 aliphatic carbocycles. The van der Waals surface area contributed by atoms with Crippen molar-refractivity contribution in [1.29, 1.82) is 0 Å². The van der Waals surface area contributed by atoms with Crippen LogP contribution in [-0.4, -0.2) is 44.3 Å². The lowest BCUT2D eigenvalue weighted by atomic mass is 10.1. The maximum Gasteiger partial charge on any atom is 0.460 e. The molecule has 4 nitrogen and oxygen atoms in total. The minimum atomic E-state index is -7.52. The molecule has 0 saturated heterocycles. The predicted molar refractivity (Wildman–Crippen MR) is 80.8 cm³/mol. The Bertz CT molecular complexity index is 918. The van der Waals surface area contributed by atoms with Gasteiger partial charge in [-0.1, -0.05) is 12.1 Å². The van der Waals surface area contributed by atoms with Crippen molar-refractivity contribution in [3.8, 4) is 0 Å². The molecule has 0 aliphatic rings. The van der Waals surface area contributed by atoms with Gasteiger partial charge in [-0.2, -0.15) is 39.5 Å². The monoisotopic (exact) mass is 476 g/mol. The number of hydrogen-bond donors (Lipinski definition) is 0. The Labute approximate surface area is 162 Å². The summed E-state index contributed by atoms with van der Waals surface area (Å²) in [7, 11) is -7.20. The van der Waals surface area contributed by atoms with Gasteiger partial charge in [-0.15, -0.1) is 0 Å². The van der Waals surface area contributed by atoms with Gasteiger partial charge >= 0.3 is 29.2 Å². The van der Waals surface area contributed by atoms with Gasteiger partial charge in [0.1, 0.15) is 5.82 Å². The molecular formula is C15H10F10O4S. The molecule has 170 valence electrons. The summed E-state index contributed by atoms with van der Waals surface area (Å²) in [6.45, 7) is 0.306. The van der Waals surface area contributed by atoms with Crippen LogP contribution in [-0.2, 0) is 19.4 Å². The highest BCUT2D eigenvalue weighted by Crippen LogP contribution is 2.55. The van der Waals surface area contributed by atoms with Crippen LogP contribution < -0.4 is 0 Å². The van der Waals surface area contributed by atoms with Crippen molar-refractivity contribution >= 4 is 21.9 Å². The van der Waals surface area contributed by atoms with E-state index in [2.05, 4.69) is 4.74 Å². The second-order valence-electron chi connectivity index (χ2n) is 5.45. The number of carbonyl (C=O) groups is 1. The lowest BCUT2D eigenvalue weighted by molar-refractivity contribution is -0.382. The number of carbonyl (C=O) groups excluding carboxylic acids is 1. The summed E-state index contributed by atoms with van der Waals surface area (Å²) in [5.41, 5.74) is -0.579. The maximum atomic E-state index is 14.0. The fourth-order valence-corrected chi connectivity index (χ4v) is 3.14. The van der Waals surface area contributed by atoms with Crippen LogP contribution in [0.3, 0.4) is 0 Å². The first kappa shape index (κ1) is 25.7. The van der Waals surface area contributed by atoms with Crippen LogP contribution >= 0.6 is 0 Å². The summed E-state index contributed by atoms with van der Waals surface area (Å²) < 4.78 is 159. The highest BCUT2D eigenvalue weighted by atomic mass is 32.2. The predicted octanol–water partition coefficient (Wildman–Crippen LogP) is 4.57. The number of alkyl halides is 9. The van der Waals surface area contributed by atoms with Crippen LogP contribution in [0.1, 0.15) is 12.5 Å². The summed E-state index contributed by atoms with van der Waals surface area (Å²) in [4.78, 5) is 9.40. The molecular weight excluding hydrogens is 466 g/mol. The van der Waals surface area contributed by atoms with Crippen molar-refractivity contribution in [1.82, 2.24) is 0 Å². The van der Waals surface area contributed by atoms with E-state index in [1.54, 1.807) is 0 Å². The van der Waals surface area contributed by atoms with E-state index in [0.717, 1.165) is 6.92 Å². The van der Waals surface area contributed by atoms with Gasteiger partial charge < -0.3 is 4.74 Å². The molecule has 0 spiro atoms. The van der Waals surface area contributed by atoms with Crippen LogP contribution in [0.2, 0.25) is 0 Å². The number of halogens is 10. The molecule has 1 rings (SSSR count). The Morgan fingerprint density at radius 3 is 1.80 bits per heavy atom. The number of rotatable bonds is 7. The molecule has 15 heteroatoms. The highest BCUT2D eigenvalue weighted by Gasteiger charge is 2.85. The maximum absolute atomic E-state index is 14.0. The molecule has 0 saturated carbocycles. The Morgan fingerprint density at radius 1 is 0.933 bits per heavy atom. The molecule has 30 heavy (non-hydrogen) atoms. The smallest absolute Gasteiger partial charge is 0.460 e. The van der Waals surface area contributed by atoms with Crippen LogP contribution in [0.25, 0.3) is 6.08 Å². The van der Waals surface area contributed by atoms with Crippen LogP contribution in [0.5, 0.6) is 0 Å². The lowest BCUT2D eigenvalue weighted by Crippen LogP contribution is -2.63. The summed E-state index contributed by atoms with van der Waals surface area (Å²) in [6, 6.07) is 2.58. The second-order valence-corrected chi connectivity index (χ2v) is 7.41. The van der Waals surface area contributed by atoms with Gasteiger partial charge in [0.05, 0.1) is 6.61 Å². The van der Waals surface area contributed by atoms with Crippen molar-refractivity contribution in [3.63, 3.8) is 0 Å². The third-order valence-electron chi connectivity index (χ3n) is 3.39. The van der Waals surface area contributed by atoms with Crippen molar-refractivity contribution < 1.29 is 61.9 Å². The first-order valence-electron chi connectivity index (χ1n) is 7.43. The summed E-state index contributed by atoms with van der Waals surface area (Å²) >= 11 is 0. The summed E-state index contributed by atoms with van der Waals surface area (Å²) in [5, 5.41) is -7.11. The standard InChI is InChI=1S/C15H10F10O4S/c1-2-29-11(26)10(7-8-3-5-9(16)6-4-8)30(27,28)15(24,25)13(19,20)12(17,18)14(21,22)23/h3-7H,2H2,1H3/b10-7+. The lowest BCUT2D eigenvalue weighted by Gasteiger charge is -2.33. The zero-order valence-electron chi connectivity index (χ0n) is 14.4. The van der Waals surface area contributed by atoms with E-state index in [-0.39, 0.29) is 6.08 Å². The Kier molecular flexibility index (Phi) is 6.92. The first-order valence-corrected chi connectivity index (χ1v) is 8.92. The molecule has 0 aliphatic heterocycles. The van der Waals surface area contributed by atoms with Gasteiger partial charge in [0, 0.05) is 0 Å². The third kappa shape index (κ3) is 4.25. The second kappa shape index (κ2) is 8.07. The van der Waals surface area contributed by atoms with Gasteiger partial charge in [0.15, 0.2) is 4.91 Å². The van der Waals surface area contributed by atoms with Gasteiger partial charge in [-0.3, -0.25) is 0 Å². The molecule has 0 radical (unpaired) electrons. The van der Waals surface area contributed by atoms with E-state index in [9.17, 15) is 57.1 Å². The normalized spacial score (nSPS) is 14.6. The SMILES string of the molecule is CCOC(=O)/C(=C\c1ccc(F)cc1)S(=O)(=O)C(F)(F)C(F)(F)C(F)(F)C(F)(F)F. The fourth-order valence-electron chi connectivity index (χ4n) is 1.83. The zero-order valence-corrected chi connectivity index (χ0v) is 15.2. The van der Waals surface area contributed by atoms with E-state index in [0.29, 0.717) is 24.3 Å². The largest absolute Gasteiger partial charge is 0.462 e. The molecule has 0 unspecified atom stereocenters. The number of benzene rings is 1. The van der Waals surface area contributed by atoms with Gasteiger partial charge in [0.25, 0.3) is 9.84 Å². The van der Waals surface area contributed by atoms with Crippen LogP contribution in [0.4, 0.5) is 43.9 Å². The minimum absolute atomic E-state index is 0.0670. The highest BCUT2D eigenvalue weighted by molar-refractivity contribution is 7.97. The Morgan fingerprint density at radius 2 is 1.40 bits per heavy atom. The molecule has 1 aromatic rings.